The molecule has 0 bridgehead atoms. The zero-order chi connectivity index (χ0) is 20.5. The molecule has 0 fully saturated rings. The number of rotatable bonds is 6. The van der Waals surface area contributed by atoms with Crippen LogP contribution in [0.5, 0.6) is 23.1 Å². The molecular weight excluding hydrogens is 362 g/mol. The van der Waals surface area contributed by atoms with Crippen molar-refractivity contribution in [2.75, 3.05) is 21.3 Å². The number of aromatic nitrogens is 1. The Morgan fingerprint density at radius 3 is 2.36 bits per heavy atom. The van der Waals surface area contributed by atoms with E-state index in [4.69, 9.17) is 18.9 Å². The van der Waals surface area contributed by atoms with Crippen LogP contribution < -0.4 is 18.9 Å². The monoisotopic (exact) mass is 387 g/mol. The number of pyridine rings is 1. The summed E-state index contributed by atoms with van der Waals surface area (Å²) in [6.07, 6.45) is 1.25. The third kappa shape index (κ3) is 3.63. The number of nitrogens with zero attached hydrogens (tertiary/aromatic N) is 1. The molecule has 1 aliphatic rings. The summed E-state index contributed by atoms with van der Waals surface area (Å²) in [7, 11) is 4.47. The highest BCUT2D eigenvalue weighted by atomic mass is 16.5. The van der Waals surface area contributed by atoms with E-state index < -0.39 is 17.8 Å². The summed E-state index contributed by atoms with van der Waals surface area (Å²) in [6.45, 7) is 3.91. The van der Waals surface area contributed by atoms with Gasteiger partial charge in [0.2, 0.25) is 0 Å². The van der Waals surface area contributed by atoms with Crippen LogP contribution in [-0.4, -0.2) is 42.1 Å². The number of hydrogen-bond acceptors (Lipinski definition) is 7. The molecule has 2 N–H and O–H groups in total. The van der Waals surface area contributed by atoms with Crippen molar-refractivity contribution in [3.63, 3.8) is 0 Å². The Hall–Kier alpha value is -2.77. The highest BCUT2D eigenvalue weighted by Gasteiger charge is 2.30. The summed E-state index contributed by atoms with van der Waals surface area (Å²) < 4.78 is 21.8. The number of ether oxygens (including phenoxy) is 4. The predicted molar refractivity (Wildman–Crippen MR) is 104 cm³/mol. The van der Waals surface area contributed by atoms with Gasteiger partial charge in [-0.15, -0.1) is 0 Å². The Kier molecular flexibility index (Phi) is 5.49. The van der Waals surface area contributed by atoms with Gasteiger partial charge < -0.3 is 29.2 Å². The lowest BCUT2D eigenvalue weighted by molar-refractivity contribution is 0.0128. The first kappa shape index (κ1) is 20.0. The molecule has 0 amide bonds. The number of benzene rings is 1. The summed E-state index contributed by atoms with van der Waals surface area (Å²) >= 11 is 0. The van der Waals surface area contributed by atoms with Crippen LogP contribution in [0.15, 0.2) is 30.3 Å². The molecule has 1 aliphatic heterocycles. The van der Waals surface area contributed by atoms with Crippen LogP contribution in [0.2, 0.25) is 0 Å². The van der Waals surface area contributed by atoms with Gasteiger partial charge >= 0.3 is 0 Å². The molecule has 2 aromatic rings. The average molecular weight is 387 g/mol. The van der Waals surface area contributed by atoms with Crippen molar-refractivity contribution in [2.45, 2.75) is 31.7 Å². The lowest BCUT2D eigenvalue weighted by atomic mass is 9.95. The molecule has 2 heterocycles. The van der Waals surface area contributed by atoms with E-state index in [1.54, 1.807) is 24.3 Å². The van der Waals surface area contributed by atoms with Crippen LogP contribution in [0.3, 0.4) is 0 Å². The van der Waals surface area contributed by atoms with E-state index in [0.717, 1.165) is 0 Å². The van der Waals surface area contributed by atoms with Crippen molar-refractivity contribution in [3.8, 4) is 23.1 Å². The highest BCUT2D eigenvalue weighted by molar-refractivity contribution is 5.69. The van der Waals surface area contributed by atoms with Crippen LogP contribution in [0, 0.1) is 0 Å². The van der Waals surface area contributed by atoms with Crippen molar-refractivity contribution < 1.29 is 29.2 Å². The van der Waals surface area contributed by atoms with Crippen LogP contribution in [0.25, 0.3) is 6.08 Å². The molecule has 28 heavy (non-hydrogen) atoms. The van der Waals surface area contributed by atoms with Gasteiger partial charge in [0, 0.05) is 5.56 Å². The first-order valence-corrected chi connectivity index (χ1v) is 8.85. The van der Waals surface area contributed by atoms with Gasteiger partial charge in [0.15, 0.2) is 5.75 Å². The molecule has 7 heteroatoms. The summed E-state index contributed by atoms with van der Waals surface area (Å²) in [4.78, 5) is 4.23. The third-order valence-electron chi connectivity index (χ3n) is 4.60. The molecule has 0 saturated carbocycles. The minimum Gasteiger partial charge on any atom is -0.496 e. The maximum Gasteiger partial charge on any atom is 0.257 e. The number of aliphatic hydroxyl groups is 2. The lowest BCUT2D eigenvalue weighted by Gasteiger charge is -2.30. The minimum absolute atomic E-state index is 0.224. The fourth-order valence-corrected chi connectivity index (χ4v) is 3.15. The molecule has 0 radical (unpaired) electrons. The first-order valence-electron chi connectivity index (χ1n) is 8.85. The Balaban J connectivity index is 1.97. The minimum atomic E-state index is -1.29. The maximum atomic E-state index is 10.8. The Morgan fingerprint density at radius 1 is 0.964 bits per heavy atom. The highest BCUT2D eigenvalue weighted by Crippen LogP contribution is 2.43. The second kappa shape index (κ2) is 7.69. The molecule has 1 aromatic heterocycles. The van der Waals surface area contributed by atoms with E-state index >= 15 is 0 Å². The van der Waals surface area contributed by atoms with Gasteiger partial charge in [-0.05, 0) is 50.3 Å². The molecule has 0 unspecified atom stereocenters. The van der Waals surface area contributed by atoms with E-state index in [1.807, 2.05) is 26.0 Å². The molecule has 0 saturated heterocycles. The number of hydrogen-bond donors (Lipinski definition) is 2. The van der Waals surface area contributed by atoms with Crippen molar-refractivity contribution in [2.24, 2.45) is 0 Å². The van der Waals surface area contributed by atoms with E-state index in [-0.39, 0.29) is 11.6 Å². The van der Waals surface area contributed by atoms with Gasteiger partial charge in [0.25, 0.3) is 5.88 Å². The lowest BCUT2D eigenvalue weighted by Crippen LogP contribution is -2.27. The molecule has 2 atom stereocenters. The summed E-state index contributed by atoms with van der Waals surface area (Å²) in [5.74, 6) is 1.75. The van der Waals surface area contributed by atoms with Crippen molar-refractivity contribution in [3.05, 3.63) is 47.2 Å². The number of aliphatic hydroxyl groups excluding tert-OH is 2. The normalized spacial score (nSPS) is 16.5. The Bertz CT molecular complexity index is 893. The van der Waals surface area contributed by atoms with Crippen LogP contribution >= 0.6 is 0 Å². The average Bonchev–Trinajstić information content (AvgIpc) is 2.70. The molecular formula is C21H25NO6. The van der Waals surface area contributed by atoms with E-state index in [0.29, 0.717) is 28.4 Å². The second-order valence-electron chi connectivity index (χ2n) is 6.98. The fourth-order valence-electron chi connectivity index (χ4n) is 3.15. The second-order valence-corrected chi connectivity index (χ2v) is 6.98. The SMILES string of the molecule is COc1ccc([C@H](O)[C@@H](O)c2ccc3c(c2OC)C=CC(C)(C)O3)nc1OC. The van der Waals surface area contributed by atoms with Gasteiger partial charge in [-0.3, -0.25) is 0 Å². The summed E-state index contributed by atoms with van der Waals surface area (Å²) in [5.41, 5.74) is 0.961. The number of fused-ring (bicyclic) bond motifs is 1. The zero-order valence-electron chi connectivity index (χ0n) is 16.6. The third-order valence-corrected chi connectivity index (χ3v) is 4.60. The van der Waals surface area contributed by atoms with Crippen LogP contribution in [0.1, 0.15) is 42.9 Å². The van der Waals surface area contributed by atoms with Crippen molar-refractivity contribution in [1.82, 2.24) is 4.98 Å². The van der Waals surface area contributed by atoms with Gasteiger partial charge in [-0.1, -0.05) is 0 Å². The zero-order valence-corrected chi connectivity index (χ0v) is 16.6. The first-order chi connectivity index (χ1) is 13.3. The Morgan fingerprint density at radius 2 is 1.71 bits per heavy atom. The van der Waals surface area contributed by atoms with Crippen molar-refractivity contribution >= 4 is 6.08 Å². The van der Waals surface area contributed by atoms with E-state index in [1.165, 1.54) is 21.3 Å². The van der Waals surface area contributed by atoms with Crippen LogP contribution in [-0.2, 0) is 0 Å². The molecule has 7 nitrogen and oxygen atoms in total. The maximum absolute atomic E-state index is 10.8. The van der Waals surface area contributed by atoms with Gasteiger partial charge in [-0.25, -0.2) is 4.98 Å². The van der Waals surface area contributed by atoms with Gasteiger partial charge in [0.1, 0.15) is 29.3 Å². The molecule has 1 aromatic carbocycles. The predicted octanol–water partition coefficient (Wildman–Crippen LogP) is 3.06. The molecule has 0 aliphatic carbocycles. The van der Waals surface area contributed by atoms with Crippen molar-refractivity contribution in [1.29, 1.82) is 0 Å². The van der Waals surface area contributed by atoms with E-state index in [2.05, 4.69) is 4.98 Å². The smallest absolute Gasteiger partial charge is 0.257 e. The van der Waals surface area contributed by atoms with Gasteiger partial charge in [0.05, 0.1) is 32.6 Å². The quantitative estimate of drug-likeness (QED) is 0.787. The standard InChI is InChI=1S/C21H25NO6/c1-21(2)11-10-12-15(28-21)8-6-13(19(12)26-4)17(23)18(24)14-7-9-16(25-3)20(22-14)27-5/h6-11,17-18,23-24H,1-5H3/t17-,18-/m0/s1. The topological polar surface area (TPSA) is 90.3 Å². The molecule has 0 spiro atoms. The molecule has 150 valence electrons. The fraction of sp³-hybridized carbons (Fsp3) is 0.381. The largest absolute Gasteiger partial charge is 0.496 e. The van der Waals surface area contributed by atoms with Gasteiger partial charge in [-0.2, -0.15) is 0 Å². The van der Waals surface area contributed by atoms with E-state index in [9.17, 15) is 10.2 Å². The molecule has 3 rings (SSSR count). The summed E-state index contributed by atoms with van der Waals surface area (Å²) in [5, 5.41) is 21.6. The summed E-state index contributed by atoms with van der Waals surface area (Å²) in [6, 6.07) is 6.64. The number of methoxy groups -OCH3 is 3. The van der Waals surface area contributed by atoms with Crippen LogP contribution in [0.4, 0.5) is 0 Å². The Labute approximate surface area is 164 Å².